The second kappa shape index (κ2) is 8.90. The predicted octanol–water partition coefficient (Wildman–Crippen LogP) is 4.21. The minimum atomic E-state index is -0.0335. The molecule has 0 spiro atoms. The second-order valence-electron chi connectivity index (χ2n) is 6.13. The van der Waals surface area contributed by atoms with Gasteiger partial charge in [-0.15, -0.1) is 11.3 Å². The van der Waals surface area contributed by atoms with Gasteiger partial charge in [-0.3, -0.25) is 4.79 Å². The van der Waals surface area contributed by atoms with Gasteiger partial charge < -0.3 is 9.84 Å². The van der Waals surface area contributed by atoms with Crippen molar-refractivity contribution in [1.29, 1.82) is 0 Å². The zero-order valence-electron chi connectivity index (χ0n) is 15.0. The minimum Gasteiger partial charge on any atom is -0.356 e. The molecular weight excluding hydrogens is 392 g/mol. The highest BCUT2D eigenvalue weighted by atomic mass is 32.1. The number of thiophene rings is 1. The number of carbonyl (C=O) groups is 1. The monoisotopic (exact) mass is 410 g/mol. The van der Waals surface area contributed by atoms with Crippen LogP contribution in [-0.2, 0) is 17.6 Å². The molecule has 6 nitrogen and oxygen atoms in total. The van der Waals surface area contributed by atoms with Crippen molar-refractivity contribution in [3.05, 3.63) is 64.1 Å². The van der Waals surface area contributed by atoms with Crippen molar-refractivity contribution in [2.24, 2.45) is 0 Å². The largest absolute Gasteiger partial charge is 0.356 e. The molecule has 0 fully saturated rings. The van der Waals surface area contributed by atoms with E-state index in [4.69, 9.17) is 4.52 Å². The molecule has 0 saturated heterocycles. The van der Waals surface area contributed by atoms with Crippen LogP contribution >= 0.6 is 22.7 Å². The van der Waals surface area contributed by atoms with Crippen LogP contribution in [0.2, 0.25) is 0 Å². The van der Waals surface area contributed by atoms with E-state index in [1.165, 1.54) is 0 Å². The number of nitrogens with one attached hydrogen (secondary N) is 1. The first-order valence-corrected chi connectivity index (χ1v) is 10.7. The van der Waals surface area contributed by atoms with Crippen LogP contribution < -0.4 is 5.32 Å². The van der Waals surface area contributed by atoms with Crippen molar-refractivity contribution in [3.8, 4) is 22.0 Å². The molecular formula is C20H18N4O2S2. The molecule has 0 saturated carbocycles. The Bertz CT molecular complexity index is 1030. The van der Waals surface area contributed by atoms with Crippen molar-refractivity contribution in [2.75, 3.05) is 6.54 Å². The zero-order chi connectivity index (χ0) is 19.2. The van der Waals surface area contributed by atoms with Crippen molar-refractivity contribution < 1.29 is 9.32 Å². The van der Waals surface area contributed by atoms with Gasteiger partial charge in [0.1, 0.15) is 5.01 Å². The van der Waals surface area contributed by atoms with Crippen LogP contribution in [0.3, 0.4) is 0 Å². The first kappa shape index (κ1) is 18.5. The van der Waals surface area contributed by atoms with Gasteiger partial charge in [0.15, 0.2) is 0 Å². The fourth-order valence-corrected chi connectivity index (χ4v) is 4.13. The van der Waals surface area contributed by atoms with E-state index in [0.717, 1.165) is 21.8 Å². The van der Waals surface area contributed by atoms with E-state index in [1.54, 1.807) is 22.7 Å². The molecule has 142 valence electrons. The highest BCUT2D eigenvalue weighted by Gasteiger charge is 2.11. The van der Waals surface area contributed by atoms with E-state index in [1.807, 2.05) is 52.5 Å². The first-order chi connectivity index (χ1) is 13.8. The summed E-state index contributed by atoms with van der Waals surface area (Å²) in [6, 6.07) is 12.0. The number of benzene rings is 1. The van der Waals surface area contributed by atoms with E-state index >= 15 is 0 Å². The van der Waals surface area contributed by atoms with E-state index in [0.29, 0.717) is 37.5 Å². The zero-order valence-corrected chi connectivity index (χ0v) is 16.6. The molecule has 1 amide bonds. The van der Waals surface area contributed by atoms with E-state index in [2.05, 4.69) is 20.4 Å². The summed E-state index contributed by atoms with van der Waals surface area (Å²) in [5.74, 6) is 1.01. The normalized spacial score (nSPS) is 10.9. The molecule has 1 aromatic carbocycles. The number of hydrogen-bond acceptors (Lipinski definition) is 7. The van der Waals surface area contributed by atoms with Gasteiger partial charge in [0.05, 0.1) is 5.69 Å². The Morgan fingerprint density at radius 1 is 1.04 bits per heavy atom. The average molecular weight is 411 g/mol. The fourth-order valence-electron chi connectivity index (χ4n) is 2.64. The van der Waals surface area contributed by atoms with Crippen LogP contribution in [0.4, 0.5) is 0 Å². The number of aryl methyl sites for hydroxylation is 1. The Balaban J connectivity index is 1.21. The Labute approximate surface area is 170 Å². The summed E-state index contributed by atoms with van der Waals surface area (Å²) in [7, 11) is 0. The van der Waals surface area contributed by atoms with Crippen LogP contribution in [0.1, 0.15) is 18.0 Å². The van der Waals surface area contributed by atoms with Crippen molar-refractivity contribution >= 4 is 28.6 Å². The molecule has 3 heterocycles. The number of hydrogen-bond donors (Lipinski definition) is 1. The third kappa shape index (κ3) is 4.71. The van der Waals surface area contributed by atoms with Gasteiger partial charge in [-0.25, -0.2) is 4.98 Å². The Kier molecular flexibility index (Phi) is 5.89. The smallest absolute Gasteiger partial charge is 0.227 e. The highest BCUT2D eigenvalue weighted by molar-refractivity contribution is 7.13. The van der Waals surface area contributed by atoms with Crippen LogP contribution in [-0.4, -0.2) is 27.6 Å². The van der Waals surface area contributed by atoms with Gasteiger partial charge in [0.25, 0.3) is 0 Å². The summed E-state index contributed by atoms with van der Waals surface area (Å²) >= 11 is 3.20. The predicted molar refractivity (Wildman–Crippen MR) is 110 cm³/mol. The molecule has 0 aliphatic rings. The molecule has 0 radical (unpaired) electrons. The summed E-state index contributed by atoms with van der Waals surface area (Å²) in [4.78, 5) is 21.0. The summed E-state index contributed by atoms with van der Waals surface area (Å²) in [5.41, 5.74) is 3.04. The van der Waals surface area contributed by atoms with E-state index < -0.39 is 0 Å². The van der Waals surface area contributed by atoms with Crippen LogP contribution in [0.5, 0.6) is 0 Å². The number of rotatable bonds is 8. The van der Waals surface area contributed by atoms with Crippen molar-refractivity contribution in [3.63, 3.8) is 0 Å². The maximum Gasteiger partial charge on any atom is 0.227 e. The average Bonchev–Trinajstić information content (AvgIpc) is 3.48. The van der Waals surface area contributed by atoms with Gasteiger partial charge in [0.2, 0.25) is 17.6 Å². The van der Waals surface area contributed by atoms with Gasteiger partial charge in [-0.1, -0.05) is 35.5 Å². The Morgan fingerprint density at radius 2 is 1.93 bits per heavy atom. The fraction of sp³-hybridized carbons (Fsp3) is 0.200. The summed E-state index contributed by atoms with van der Waals surface area (Å²) < 4.78 is 5.21. The van der Waals surface area contributed by atoms with Crippen LogP contribution in [0, 0.1) is 0 Å². The molecule has 0 unspecified atom stereocenters. The molecule has 0 aliphatic heterocycles. The van der Waals surface area contributed by atoms with Gasteiger partial charge in [0, 0.05) is 47.7 Å². The molecule has 0 aliphatic carbocycles. The second-order valence-corrected chi connectivity index (χ2v) is 7.77. The Morgan fingerprint density at radius 3 is 2.75 bits per heavy atom. The molecule has 4 rings (SSSR count). The third-order valence-electron chi connectivity index (χ3n) is 4.09. The highest BCUT2D eigenvalue weighted by Crippen LogP contribution is 2.23. The number of nitrogens with zero attached hydrogens (tertiary/aromatic N) is 3. The SMILES string of the molecule is O=C(CCc1nc(-c2ccsc2)no1)NCCc1csc(-c2ccccc2)n1. The Hall–Kier alpha value is -2.84. The van der Waals surface area contributed by atoms with Crippen molar-refractivity contribution in [2.45, 2.75) is 19.3 Å². The summed E-state index contributed by atoms with van der Waals surface area (Å²) in [6.45, 7) is 0.556. The molecule has 1 N–H and O–H groups in total. The van der Waals surface area contributed by atoms with Crippen LogP contribution in [0.15, 0.2) is 57.1 Å². The minimum absolute atomic E-state index is 0.0335. The standard InChI is InChI=1S/C20H18N4O2S2/c25-17(6-7-18-23-19(24-26-18)15-9-11-27-12-15)21-10-8-16-13-28-20(22-16)14-4-2-1-3-5-14/h1-5,9,11-13H,6-8,10H2,(H,21,25). The quantitative estimate of drug-likeness (QED) is 0.470. The lowest BCUT2D eigenvalue weighted by atomic mass is 10.2. The molecule has 8 heteroatoms. The van der Waals surface area contributed by atoms with Gasteiger partial charge in [-0.05, 0) is 11.4 Å². The number of carbonyl (C=O) groups excluding carboxylic acids is 1. The van der Waals surface area contributed by atoms with E-state index in [-0.39, 0.29) is 5.91 Å². The van der Waals surface area contributed by atoms with Gasteiger partial charge in [-0.2, -0.15) is 16.3 Å². The molecule has 28 heavy (non-hydrogen) atoms. The lowest BCUT2D eigenvalue weighted by molar-refractivity contribution is -0.121. The number of thiazole rings is 1. The van der Waals surface area contributed by atoms with E-state index in [9.17, 15) is 4.79 Å². The van der Waals surface area contributed by atoms with Gasteiger partial charge >= 0.3 is 0 Å². The molecule has 3 aromatic heterocycles. The number of aromatic nitrogens is 3. The number of amides is 1. The third-order valence-corrected chi connectivity index (χ3v) is 5.71. The molecule has 0 atom stereocenters. The lowest BCUT2D eigenvalue weighted by Crippen LogP contribution is -2.26. The topological polar surface area (TPSA) is 80.9 Å². The maximum absolute atomic E-state index is 12.1. The van der Waals surface area contributed by atoms with Crippen LogP contribution in [0.25, 0.3) is 22.0 Å². The maximum atomic E-state index is 12.1. The molecule has 0 bridgehead atoms. The summed E-state index contributed by atoms with van der Waals surface area (Å²) in [6.07, 6.45) is 1.45. The first-order valence-electron chi connectivity index (χ1n) is 8.89. The molecule has 4 aromatic rings. The lowest BCUT2D eigenvalue weighted by Gasteiger charge is -2.02. The van der Waals surface area contributed by atoms with Crippen molar-refractivity contribution in [1.82, 2.24) is 20.4 Å². The summed E-state index contributed by atoms with van der Waals surface area (Å²) in [5, 5.41) is 13.8.